The summed E-state index contributed by atoms with van der Waals surface area (Å²) in [5.41, 5.74) is 2.77. The summed E-state index contributed by atoms with van der Waals surface area (Å²) in [4.78, 5) is 6.99. The maximum absolute atomic E-state index is 10.2. The zero-order valence-electron chi connectivity index (χ0n) is 15.1. The predicted molar refractivity (Wildman–Crippen MR) is 107 cm³/mol. The zero-order valence-corrected chi connectivity index (χ0v) is 15.9. The molecule has 0 bridgehead atoms. The number of nitrogens with zero attached hydrogens (tertiary/aromatic N) is 2. The van der Waals surface area contributed by atoms with Crippen molar-refractivity contribution < 1.29 is 9.52 Å². The molecule has 4 rings (SSSR count). The first-order chi connectivity index (χ1) is 13.2. The first-order valence-corrected chi connectivity index (χ1v) is 9.65. The number of aromatic nitrogens is 1. The van der Waals surface area contributed by atoms with E-state index in [9.17, 15) is 5.11 Å². The van der Waals surface area contributed by atoms with Crippen molar-refractivity contribution >= 4 is 11.6 Å². The van der Waals surface area contributed by atoms with Crippen LogP contribution >= 0.6 is 11.6 Å². The molecule has 2 aromatic carbocycles. The minimum absolute atomic E-state index is 0.153. The fraction of sp³-hybridized carbons (Fsp3) is 0.318. The van der Waals surface area contributed by atoms with Crippen LogP contribution in [-0.2, 0) is 12.0 Å². The second kappa shape index (κ2) is 7.85. The van der Waals surface area contributed by atoms with E-state index in [2.05, 4.69) is 22.0 Å². The molecule has 2 heterocycles. The predicted octanol–water partition coefficient (Wildman–Crippen LogP) is 4.52. The van der Waals surface area contributed by atoms with E-state index >= 15 is 0 Å². The molecule has 1 atom stereocenters. The van der Waals surface area contributed by atoms with Gasteiger partial charge in [-0.05, 0) is 43.1 Å². The number of likely N-dealkylation sites (tertiary alicyclic amines) is 1. The Morgan fingerprint density at radius 2 is 2.00 bits per heavy atom. The number of oxazole rings is 1. The molecule has 0 spiro atoms. The zero-order chi connectivity index (χ0) is 18.7. The number of aliphatic hydroxyl groups excluding tert-OH is 1. The van der Waals surface area contributed by atoms with E-state index in [1.807, 2.05) is 42.5 Å². The van der Waals surface area contributed by atoms with Crippen molar-refractivity contribution in [2.24, 2.45) is 0 Å². The Balaban J connectivity index is 1.50. The molecule has 0 amide bonds. The van der Waals surface area contributed by atoms with Crippen LogP contribution in [0.25, 0.3) is 11.5 Å². The molecule has 4 nitrogen and oxygen atoms in total. The molecule has 27 heavy (non-hydrogen) atoms. The highest BCUT2D eigenvalue weighted by atomic mass is 35.5. The highest BCUT2D eigenvalue weighted by Gasteiger charge is 2.36. The molecule has 3 aromatic rings. The van der Waals surface area contributed by atoms with Crippen molar-refractivity contribution in [3.63, 3.8) is 0 Å². The SMILES string of the molecule is OCC1(c2ccccc2)CCCN(Cc2coc(-c3cccc(Cl)c3)n2)C1. The Labute approximate surface area is 164 Å². The minimum atomic E-state index is -0.209. The Morgan fingerprint density at radius 1 is 1.15 bits per heavy atom. The molecular formula is C22H23ClN2O2. The summed E-state index contributed by atoms with van der Waals surface area (Å²) in [6.07, 6.45) is 3.76. The summed E-state index contributed by atoms with van der Waals surface area (Å²) in [7, 11) is 0. The van der Waals surface area contributed by atoms with Crippen LogP contribution in [0.2, 0.25) is 5.02 Å². The summed E-state index contributed by atoms with van der Waals surface area (Å²) in [5.74, 6) is 0.584. The van der Waals surface area contributed by atoms with Gasteiger partial charge in [0.15, 0.2) is 0 Å². The summed E-state index contributed by atoms with van der Waals surface area (Å²) in [6, 6.07) is 17.9. The van der Waals surface area contributed by atoms with Crippen LogP contribution in [0.3, 0.4) is 0 Å². The lowest BCUT2D eigenvalue weighted by Crippen LogP contribution is -2.48. The highest BCUT2D eigenvalue weighted by molar-refractivity contribution is 6.30. The van der Waals surface area contributed by atoms with Gasteiger partial charge in [-0.2, -0.15) is 0 Å². The van der Waals surface area contributed by atoms with Gasteiger partial charge < -0.3 is 9.52 Å². The smallest absolute Gasteiger partial charge is 0.226 e. The van der Waals surface area contributed by atoms with Gasteiger partial charge >= 0.3 is 0 Å². The Kier molecular flexibility index (Phi) is 5.30. The number of piperidine rings is 1. The van der Waals surface area contributed by atoms with Gasteiger partial charge in [0.2, 0.25) is 5.89 Å². The molecule has 0 aliphatic carbocycles. The lowest BCUT2D eigenvalue weighted by atomic mass is 9.75. The Hall–Kier alpha value is -2.14. The maximum atomic E-state index is 10.2. The third-order valence-corrected chi connectivity index (χ3v) is 5.59. The topological polar surface area (TPSA) is 49.5 Å². The third kappa shape index (κ3) is 3.93. The number of aliphatic hydroxyl groups is 1. The lowest BCUT2D eigenvalue weighted by molar-refractivity contribution is 0.0843. The van der Waals surface area contributed by atoms with Gasteiger partial charge in [0.1, 0.15) is 6.26 Å². The Bertz CT molecular complexity index is 896. The Morgan fingerprint density at radius 3 is 2.78 bits per heavy atom. The second-order valence-electron chi connectivity index (χ2n) is 7.27. The average Bonchev–Trinajstić information content (AvgIpc) is 3.17. The van der Waals surface area contributed by atoms with E-state index in [1.54, 1.807) is 6.26 Å². The number of halogens is 1. The van der Waals surface area contributed by atoms with Gasteiger partial charge in [0, 0.05) is 29.1 Å². The summed E-state index contributed by atoms with van der Waals surface area (Å²) in [5, 5.41) is 10.8. The van der Waals surface area contributed by atoms with Crippen LogP contribution in [0.1, 0.15) is 24.1 Å². The summed E-state index contributed by atoms with van der Waals surface area (Å²) in [6.45, 7) is 2.67. The molecule has 1 aliphatic heterocycles. The number of hydrogen-bond acceptors (Lipinski definition) is 4. The minimum Gasteiger partial charge on any atom is -0.444 e. The van der Waals surface area contributed by atoms with Crippen molar-refractivity contribution in [2.75, 3.05) is 19.7 Å². The normalized spacial score (nSPS) is 20.7. The van der Waals surface area contributed by atoms with Crippen LogP contribution in [-0.4, -0.2) is 34.7 Å². The molecule has 1 N–H and O–H groups in total. The number of rotatable bonds is 5. The van der Waals surface area contributed by atoms with Gasteiger partial charge in [-0.1, -0.05) is 48.0 Å². The van der Waals surface area contributed by atoms with Crippen LogP contribution < -0.4 is 0 Å². The first kappa shape index (κ1) is 18.2. The average molecular weight is 383 g/mol. The van der Waals surface area contributed by atoms with Gasteiger partial charge in [-0.3, -0.25) is 4.90 Å². The molecule has 0 saturated carbocycles. The largest absolute Gasteiger partial charge is 0.444 e. The second-order valence-corrected chi connectivity index (χ2v) is 7.71. The molecule has 1 aromatic heterocycles. The van der Waals surface area contributed by atoms with Gasteiger partial charge in [-0.15, -0.1) is 0 Å². The standard InChI is InChI=1S/C22H23ClN2O2/c23-19-9-4-6-17(12-19)21-24-20(14-27-21)13-25-11-5-10-22(15-25,16-26)18-7-2-1-3-8-18/h1-4,6-9,12,14,26H,5,10-11,13,15-16H2. The highest BCUT2D eigenvalue weighted by Crippen LogP contribution is 2.34. The van der Waals surface area contributed by atoms with Crippen molar-refractivity contribution in [2.45, 2.75) is 24.8 Å². The number of benzene rings is 2. The van der Waals surface area contributed by atoms with E-state index in [1.165, 1.54) is 5.56 Å². The molecule has 1 unspecified atom stereocenters. The fourth-order valence-corrected chi connectivity index (χ4v) is 4.16. The lowest BCUT2D eigenvalue weighted by Gasteiger charge is -2.42. The van der Waals surface area contributed by atoms with Crippen LogP contribution in [0.15, 0.2) is 65.3 Å². The molecule has 1 aliphatic rings. The molecule has 140 valence electrons. The van der Waals surface area contributed by atoms with Gasteiger partial charge in [-0.25, -0.2) is 4.98 Å². The maximum Gasteiger partial charge on any atom is 0.226 e. The van der Waals surface area contributed by atoms with E-state index in [0.717, 1.165) is 37.2 Å². The molecule has 0 radical (unpaired) electrons. The summed E-state index contributed by atoms with van der Waals surface area (Å²) >= 11 is 6.06. The van der Waals surface area contributed by atoms with E-state index in [0.29, 0.717) is 17.5 Å². The fourth-order valence-electron chi connectivity index (χ4n) is 3.97. The summed E-state index contributed by atoms with van der Waals surface area (Å²) < 4.78 is 5.66. The van der Waals surface area contributed by atoms with Crippen LogP contribution in [0.4, 0.5) is 0 Å². The molecular weight excluding hydrogens is 360 g/mol. The van der Waals surface area contributed by atoms with Gasteiger partial charge in [0.25, 0.3) is 0 Å². The van der Waals surface area contributed by atoms with E-state index < -0.39 is 0 Å². The quantitative estimate of drug-likeness (QED) is 0.704. The first-order valence-electron chi connectivity index (χ1n) is 9.28. The van der Waals surface area contributed by atoms with E-state index in [4.69, 9.17) is 16.0 Å². The third-order valence-electron chi connectivity index (χ3n) is 5.35. The monoisotopic (exact) mass is 382 g/mol. The van der Waals surface area contributed by atoms with Crippen molar-refractivity contribution in [3.8, 4) is 11.5 Å². The van der Waals surface area contributed by atoms with Gasteiger partial charge in [0.05, 0.1) is 12.3 Å². The van der Waals surface area contributed by atoms with Crippen LogP contribution in [0, 0.1) is 0 Å². The van der Waals surface area contributed by atoms with Crippen molar-refractivity contribution in [1.29, 1.82) is 0 Å². The van der Waals surface area contributed by atoms with E-state index in [-0.39, 0.29) is 12.0 Å². The van der Waals surface area contributed by atoms with Crippen LogP contribution in [0.5, 0.6) is 0 Å². The number of hydrogen-bond donors (Lipinski definition) is 1. The van der Waals surface area contributed by atoms with Crippen molar-refractivity contribution in [3.05, 3.63) is 77.1 Å². The molecule has 5 heteroatoms. The van der Waals surface area contributed by atoms with Crippen molar-refractivity contribution in [1.82, 2.24) is 9.88 Å². The molecule has 1 saturated heterocycles. The molecule has 1 fully saturated rings.